The maximum Gasteiger partial charge on any atom is 0.291 e. The first kappa shape index (κ1) is 22.2. The number of para-hydroxylation sites is 1. The number of rotatable bonds is 5. The third-order valence-electron chi connectivity index (χ3n) is 5.12. The lowest BCUT2D eigenvalue weighted by Gasteiger charge is -2.11. The number of amides is 2. The van der Waals surface area contributed by atoms with Gasteiger partial charge in [-0.3, -0.25) is 14.9 Å². The fourth-order valence-corrected chi connectivity index (χ4v) is 3.49. The molecule has 0 saturated heterocycles. The number of carbonyl (C=O) groups is 2. The van der Waals surface area contributed by atoms with E-state index in [1.807, 2.05) is 36.4 Å². The number of anilines is 2. The molecule has 3 N–H and O–H groups in total. The summed E-state index contributed by atoms with van der Waals surface area (Å²) in [7, 11) is 0. The van der Waals surface area contributed by atoms with Crippen LogP contribution in [0.1, 0.15) is 46.2 Å². The van der Waals surface area contributed by atoms with E-state index in [1.54, 1.807) is 42.5 Å². The number of benzene rings is 3. The predicted octanol–water partition coefficient (Wildman–Crippen LogP) is 5.94. The Balaban J connectivity index is 1.32. The normalized spacial score (nSPS) is 10.8. The van der Waals surface area contributed by atoms with Crippen molar-refractivity contribution >= 4 is 51.5 Å². The minimum Gasteiger partial charge on any atom is -0.451 e. The molecule has 0 atom stereocenters. The summed E-state index contributed by atoms with van der Waals surface area (Å²) in [5, 5.41) is 9.50. The highest BCUT2D eigenvalue weighted by molar-refractivity contribution is 7.80. The van der Waals surface area contributed by atoms with Crippen LogP contribution in [0.15, 0.2) is 83.3 Å². The lowest BCUT2D eigenvalue weighted by molar-refractivity contribution is 0.0975. The Morgan fingerprint density at radius 1 is 0.818 bits per heavy atom. The van der Waals surface area contributed by atoms with E-state index < -0.39 is 0 Å². The van der Waals surface area contributed by atoms with Crippen LogP contribution in [0.5, 0.6) is 0 Å². The van der Waals surface area contributed by atoms with Crippen LogP contribution in [0.25, 0.3) is 11.0 Å². The summed E-state index contributed by atoms with van der Waals surface area (Å²) >= 11 is 5.25. The van der Waals surface area contributed by atoms with Crippen LogP contribution < -0.4 is 16.0 Å². The molecule has 1 aromatic heterocycles. The molecule has 166 valence electrons. The monoisotopic (exact) mass is 457 g/mol. The van der Waals surface area contributed by atoms with Gasteiger partial charge in [-0.25, -0.2) is 0 Å². The van der Waals surface area contributed by atoms with E-state index in [4.69, 9.17) is 16.6 Å². The topological polar surface area (TPSA) is 83.4 Å². The quantitative estimate of drug-likeness (QED) is 0.323. The van der Waals surface area contributed by atoms with Gasteiger partial charge >= 0.3 is 0 Å². The minimum atomic E-state index is -0.335. The summed E-state index contributed by atoms with van der Waals surface area (Å²) in [5.41, 5.74) is 3.64. The van der Waals surface area contributed by atoms with Crippen molar-refractivity contribution in [3.8, 4) is 0 Å². The zero-order valence-electron chi connectivity index (χ0n) is 18.2. The van der Waals surface area contributed by atoms with Gasteiger partial charge in [0.1, 0.15) is 5.58 Å². The van der Waals surface area contributed by atoms with Crippen molar-refractivity contribution in [2.24, 2.45) is 0 Å². The van der Waals surface area contributed by atoms with Gasteiger partial charge in [-0.2, -0.15) is 0 Å². The van der Waals surface area contributed by atoms with Crippen molar-refractivity contribution in [3.05, 3.63) is 95.7 Å². The second-order valence-corrected chi connectivity index (χ2v) is 8.27. The molecule has 4 rings (SSSR count). The number of nitrogens with one attached hydrogen (secondary N) is 3. The molecule has 7 heteroatoms. The molecule has 4 aromatic rings. The van der Waals surface area contributed by atoms with Crippen LogP contribution in [0.4, 0.5) is 11.4 Å². The summed E-state index contributed by atoms with van der Waals surface area (Å²) in [6.45, 7) is 4.20. The van der Waals surface area contributed by atoms with Gasteiger partial charge in [-0.1, -0.05) is 44.2 Å². The molecule has 0 bridgehead atoms. The average Bonchev–Trinajstić information content (AvgIpc) is 3.25. The molecule has 0 aliphatic heterocycles. The first-order valence-electron chi connectivity index (χ1n) is 10.5. The third kappa shape index (κ3) is 5.45. The van der Waals surface area contributed by atoms with Gasteiger partial charge in [-0.05, 0) is 72.2 Å². The first-order valence-corrected chi connectivity index (χ1v) is 10.9. The van der Waals surface area contributed by atoms with Crippen molar-refractivity contribution in [2.45, 2.75) is 19.8 Å². The SMILES string of the molecule is CC(C)c1ccc(C(=O)NC(=S)Nc2ccc(NC(=O)c3cc4ccccc4o3)cc2)cc1. The summed E-state index contributed by atoms with van der Waals surface area (Å²) in [4.78, 5) is 24.9. The number of hydrogen-bond acceptors (Lipinski definition) is 4. The molecule has 0 spiro atoms. The predicted molar refractivity (Wildman–Crippen MR) is 135 cm³/mol. The molecule has 0 fully saturated rings. The van der Waals surface area contributed by atoms with Crippen LogP contribution in [0, 0.1) is 0 Å². The smallest absolute Gasteiger partial charge is 0.291 e. The summed E-state index contributed by atoms with van der Waals surface area (Å²) in [5.74, 6) is 0.0238. The van der Waals surface area contributed by atoms with Crippen molar-refractivity contribution in [3.63, 3.8) is 0 Å². The molecule has 1 heterocycles. The van der Waals surface area contributed by atoms with Crippen LogP contribution in [0.2, 0.25) is 0 Å². The molecular formula is C26H23N3O3S. The highest BCUT2D eigenvalue weighted by atomic mass is 32.1. The Morgan fingerprint density at radius 3 is 2.09 bits per heavy atom. The van der Waals surface area contributed by atoms with Crippen LogP contribution in [-0.2, 0) is 0 Å². The summed E-state index contributed by atoms with van der Waals surface area (Å²) < 4.78 is 5.59. The van der Waals surface area contributed by atoms with Gasteiger partial charge < -0.3 is 15.1 Å². The molecule has 33 heavy (non-hydrogen) atoms. The third-order valence-corrected chi connectivity index (χ3v) is 5.32. The molecule has 0 aliphatic carbocycles. The average molecular weight is 458 g/mol. The Kier molecular flexibility index (Phi) is 6.51. The zero-order valence-corrected chi connectivity index (χ0v) is 19.0. The standard InChI is InChI=1S/C26H23N3O3S/c1-16(2)17-7-9-18(10-8-17)24(30)29-26(33)28-21-13-11-20(12-14-21)27-25(31)23-15-19-5-3-4-6-22(19)32-23/h3-16H,1-2H3,(H,27,31)(H2,28,29,30,33). The van der Waals surface area contributed by atoms with E-state index in [9.17, 15) is 9.59 Å². The summed E-state index contributed by atoms with van der Waals surface area (Å²) in [6, 6.07) is 23.6. The second-order valence-electron chi connectivity index (χ2n) is 7.86. The molecule has 2 amide bonds. The first-order chi connectivity index (χ1) is 15.9. The van der Waals surface area contributed by atoms with Crippen LogP contribution >= 0.6 is 12.2 Å². The molecule has 3 aromatic carbocycles. The van der Waals surface area contributed by atoms with Crippen molar-refractivity contribution in [1.29, 1.82) is 0 Å². The van der Waals surface area contributed by atoms with E-state index in [0.29, 0.717) is 28.4 Å². The molecule has 0 unspecified atom stereocenters. The molecule has 0 aliphatic rings. The number of hydrogen-bond donors (Lipinski definition) is 3. The largest absolute Gasteiger partial charge is 0.451 e. The van der Waals surface area contributed by atoms with Crippen molar-refractivity contribution in [2.75, 3.05) is 10.6 Å². The number of thiocarbonyl (C=S) groups is 1. The van der Waals surface area contributed by atoms with E-state index >= 15 is 0 Å². The highest BCUT2D eigenvalue weighted by Gasteiger charge is 2.13. The van der Waals surface area contributed by atoms with Crippen LogP contribution in [0.3, 0.4) is 0 Å². The Hall–Kier alpha value is -3.97. The Labute approximate surface area is 197 Å². The number of furan rings is 1. The summed E-state index contributed by atoms with van der Waals surface area (Å²) in [6.07, 6.45) is 0. The Bertz CT molecular complexity index is 1280. The highest BCUT2D eigenvalue weighted by Crippen LogP contribution is 2.21. The van der Waals surface area contributed by atoms with E-state index in [-0.39, 0.29) is 22.7 Å². The van der Waals surface area contributed by atoms with E-state index in [0.717, 1.165) is 5.39 Å². The fraction of sp³-hybridized carbons (Fsp3) is 0.115. The van der Waals surface area contributed by atoms with Gasteiger partial charge in [0.2, 0.25) is 0 Å². The maximum absolute atomic E-state index is 12.5. The van der Waals surface area contributed by atoms with Crippen molar-refractivity contribution in [1.82, 2.24) is 5.32 Å². The van der Waals surface area contributed by atoms with Gasteiger partial charge in [0, 0.05) is 22.3 Å². The van der Waals surface area contributed by atoms with E-state index in [1.165, 1.54) is 5.56 Å². The Morgan fingerprint density at radius 2 is 1.45 bits per heavy atom. The molecule has 0 radical (unpaired) electrons. The van der Waals surface area contributed by atoms with E-state index in [2.05, 4.69) is 29.8 Å². The maximum atomic E-state index is 12.5. The second kappa shape index (κ2) is 9.67. The zero-order chi connectivity index (χ0) is 23.4. The number of carbonyl (C=O) groups excluding carboxylic acids is 2. The van der Waals surface area contributed by atoms with Gasteiger partial charge in [0.05, 0.1) is 0 Å². The molecular weight excluding hydrogens is 434 g/mol. The molecule has 6 nitrogen and oxygen atoms in total. The van der Waals surface area contributed by atoms with Gasteiger partial charge in [-0.15, -0.1) is 0 Å². The minimum absolute atomic E-state index is 0.187. The van der Waals surface area contributed by atoms with Gasteiger partial charge in [0.25, 0.3) is 11.8 Å². The number of fused-ring (bicyclic) bond motifs is 1. The lowest BCUT2D eigenvalue weighted by atomic mass is 10.0. The van der Waals surface area contributed by atoms with Crippen molar-refractivity contribution < 1.29 is 14.0 Å². The van der Waals surface area contributed by atoms with Crippen LogP contribution in [-0.4, -0.2) is 16.9 Å². The fourth-order valence-electron chi connectivity index (χ4n) is 3.28. The van der Waals surface area contributed by atoms with Gasteiger partial charge in [0.15, 0.2) is 10.9 Å². The molecule has 0 saturated carbocycles. The lowest BCUT2D eigenvalue weighted by Crippen LogP contribution is -2.34.